The van der Waals surface area contributed by atoms with Crippen molar-refractivity contribution in [3.8, 4) is 0 Å². The SMILES string of the molecule is COC(=O)c1ccc(Cl)c2c1[C@@H]1C=CC[C@H]1[C@@H](c1cccc(F)c1)N2. The number of hydrogen-bond acceptors (Lipinski definition) is 3. The van der Waals surface area contributed by atoms with Gasteiger partial charge in [0.05, 0.1) is 29.4 Å². The largest absolute Gasteiger partial charge is 0.465 e. The lowest BCUT2D eigenvalue weighted by atomic mass is 9.75. The number of benzene rings is 2. The van der Waals surface area contributed by atoms with Crippen molar-refractivity contribution in [2.45, 2.75) is 18.4 Å². The van der Waals surface area contributed by atoms with Crippen LogP contribution < -0.4 is 5.32 Å². The lowest BCUT2D eigenvalue weighted by Crippen LogP contribution is -2.30. The number of halogens is 2. The highest BCUT2D eigenvalue weighted by Gasteiger charge is 2.41. The zero-order valence-corrected chi connectivity index (χ0v) is 14.4. The molecule has 1 N–H and O–H groups in total. The maximum Gasteiger partial charge on any atom is 0.338 e. The van der Waals surface area contributed by atoms with Gasteiger partial charge >= 0.3 is 5.97 Å². The normalized spacial score (nSPS) is 23.6. The van der Waals surface area contributed by atoms with Crippen molar-refractivity contribution >= 4 is 23.3 Å². The molecule has 128 valence electrons. The van der Waals surface area contributed by atoms with E-state index < -0.39 is 0 Å². The van der Waals surface area contributed by atoms with Crippen LogP contribution in [-0.2, 0) is 4.74 Å². The molecule has 0 saturated carbocycles. The number of nitrogens with one attached hydrogen (secondary N) is 1. The lowest BCUT2D eigenvalue weighted by Gasteiger charge is -2.38. The summed E-state index contributed by atoms with van der Waals surface area (Å²) >= 11 is 6.42. The molecule has 1 aliphatic carbocycles. The van der Waals surface area contributed by atoms with Gasteiger partial charge in [0.1, 0.15) is 5.82 Å². The molecule has 0 amide bonds. The molecule has 0 bridgehead atoms. The average molecular weight is 358 g/mol. The van der Waals surface area contributed by atoms with Crippen LogP contribution in [0.1, 0.15) is 39.9 Å². The first kappa shape index (κ1) is 16.2. The van der Waals surface area contributed by atoms with Crippen LogP contribution in [0.4, 0.5) is 10.1 Å². The van der Waals surface area contributed by atoms with Crippen molar-refractivity contribution in [2.24, 2.45) is 5.92 Å². The molecule has 3 nitrogen and oxygen atoms in total. The zero-order chi connectivity index (χ0) is 17.6. The predicted molar refractivity (Wildman–Crippen MR) is 95.5 cm³/mol. The highest BCUT2D eigenvalue weighted by atomic mass is 35.5. The standard InChI is InChI=1S/C20H17ClFNO2/c1-25-20(24)15-8-9-16(21)19-17(15)13-6-3-7-14(13)18(23-19)11-4-2-5-12(22)10-11/h2-6,8-10,13-14,18,23H,7H2,1H3/t13-,14-,18-/m1/s1. The number of fused-ring (bicyclic) bond motifs is 3. The molecule has 3 atom stereocenters. The van der Waals surface area contributed by atoms with Crippen molar-refractivity contribution in [3.05, 3.63) is 76.1 Å². The summed E-state index contributed by atoms with van der Waals surface area (Å²) in [6, 6.07) is 9.95. The third-order valence-electron chi connectivity index (χ3n) is 5.08. The molecule has 1 heterocycles. The zero-order valence-electron chi connectivity index (χ0n) is 13.6. The van der Waals surface area contributed by atoms with Gasteiger partial charge in [-0.15, -0.1) is 0 Å². The molecular weight excluding hydrogens is 341 g/mol. The molecular formula is C20H17ClFNO2. The Bertz CT molecular complexity index is 880. The fourth-order valence-electron chi connectivity index (χ4n) is 3.99. The Morgan fingerprint density at radius 2 is 2.16 bits per heavy atom. The van der Waals surface area contributed by atoms with E-state index in [1.807, 2.05) is 6.07 Å². The van der Waals surface area contributed by atoms with Crippen LogP contribution in [0.5, 0.6) is 0 Å². The fourth-order valence-corrected chi connectivity index (χ4v) is 4.21. The second-order valence-electron chi connectivity index (χ2n) is 6.41. The van der Waals surface area contributed by atoms with E-state index in [1.165, 1.54) is 13.2 Å². The second kappa shape index (κ2) is 6.19. The molecule has 0 unspecified atom stereocenters. The first-order valence-electron chi connectivity index (χ1n) is 8.19. The van der Waals surface area contributed by atoms with E-state index in [-0.39, 0.29) is 29.7 Å². The van der Waals surface area contributed by atoms with Gasteiger partial charge in [0.2, 0.25) is 0 Å². The summed E-state index contributed by atoms with van der Waals surface area (Å²) in [4.78, 5) is 12.2. The van der Waals surface area contributed by atoms with Gasteiger partial charge in [0.15, 0.2) is 0 Å². The monoisotopic (exact) mass is 357 g/mol. The van der Waals surface area contributed by atoms with Gasteiger partial charge in [-0.05, 0) is 47.7 Å². The number of hydrogen-bond donors (Lipinski definition) is 1. The minimum absolute atomic E-state index is 0.0392. The minimum Gasteiger partial charge on any atom is -0.465 e. The van der Waals surface area contributed by atoms with E-state index in [0.717, 1.165) is 23.2 Å². The molecule has 1 aliphatic heterocycles. The van der Waals surface area contributed by atoms with Crippen molar-refractivity contribution in [3.63, 3.8) is 0 Å². The van der Waals surface area contributed by atoms with Gasteiger partial charge in [-0.3, -0.25) is 0 Å². The summed E-state index contributed by atoms with van der Waals surface area (Å²) in [5, 5.41) is 4.00. The number of methoxy groups -OCH3 is 1. The maximum absolute atomic E-state index is 13.7. The predicted octanol–water partition coefficient (Wildman–Crippen LogP) is 5.09. The summed E-state index contributed by atoms with van der Waals surface area (Å²) in [6.45, 7) is 0. The van der Waals surface area contributed by atoms with Gasteiger partial charge in [-0.2, -0.15) is 0 Å². The van der Waals surface area contributed by atoms with Crippen LogP contribution in [0.3, 0.4) is 0 Å². The third kappa shape index (κ3) is 2.61. The van der Waals surface area contributed by atoms with E-state index in [1.54, 1.807) is 24.3 Å². The molecule has 0 saturated heterocycles. The van der Waals surface area contributed by atoms with Gasteiger partial charge in [-0.25, -0.2) is 9.18 Å². The van der Waals surface area contributed by atoms with E-state index in [0.29, 0.717) is 10.6 Å². The van der Waals surface area contributed by atoms with Crippen LogP contribution >= 0.6 is 11.6 Å². The molecule has 5 heteroatoms. The van der Waals surface area contributed by atoms with Crippen LogP contribution in [0.2, 0.25) is 5.02 Å². The highest BCUT2D eigenvalue weighted by Crippen LogP contribution is 2.52. The molecule has 2 aromatic rings. The minimum atomic E-state index is -0.377. The average Bonchev–Trinajstić information content (AvgIpc) is 3.10. The van der Waals surface area contributed by atoms with Crippen LogP contribution in [0, 0.1) is 11.7 Å². The van der Waals surface area contributed by atoms with Gasteiger partial charge < -0.3 is 10.1 Å². The number of ether oxygens (including phenoxy) is 1. The molecule has 0 radical (unpaired) electrons. The summed E-state index contributed by atoms with van der Waals surface area (Å²) in [7, 11) is 1.37. The van der Waals surface area contributed by atoms with Crippen LogP contribution in [0.15, 0.2) is 48.6 Å². The molecule has 25 heavy (non-hydrogen) atoms. The molecule has 0 spiro atoms. The topological polar surface area (TPSA) is 38.3 Å². The van der Waals surface area contributed by atoms with Crippen molar-refractivity contribution in [2.75, 3.05) is 12.4 Å². The number of carbonyl (C=O) groups is 1. The van der Waals surface area contributed by atoms with E-state index in [2.05, 4.69) is 17.5 Å². The number of rotatable bonds is 2. The van der Waals surface area contributed by atoms with Crippen molar-refractivity contribution in [1.29, 1.82) is 0 Å². The van der Waals surface area contributed by atoms with Gasteiger partial charge in [-0.1, -0.05) is 35.9 Å². The third-order valence-corrected chi connectivity index (χ3v) is 5.40. The molecule has 2 aliphatic rings. The Kier molecular flexibility index (Phi) is 4.00. The highest BCUT2D eigenvalue weighted by molar-refractivity contribution is 6.33. The van der Waals surface area contributed by atoms with Gasteiger partial charge in [0, 0.05) is 5.92 Å². The first-order valence-corrected chi connectivity index (χ1v) is 8.57. The second-order valence-corrected chi connectivity index (χ2v) is 6.81. The molecule has 4 rings (SSSR count). The Morgan fingerprint density at radius 3 is 2.92 bits per heavy atom. The number of esters is 1. The number of anilines is 1. The van der Waals surface area contributed by atoms with Crippen LogP contribution in [0.25, 0.3) is 0 Å². The van der Waals surface area contributed by atoms with Crippen LogP contribution in [-0.4, -0.2) is 13.1 Å². The maximum atomic E-state index is 13.7. The Morgan fingerprint density at radius 1 is 1.32 bits per heavy atom. The van der Waals surface area contributed by atoms with E-state index >= 15 is 0 Å². The quantitative estimate of drug-likeness (QED) is 0.600. The number of carbonyl (C=O) groups excluding carboxylic acids is 1. The Balaban J connectivity index is 1.87. The van der Waals surface area contributed by atoms with Crippen molar-refractivity contribution < 1.29 is 13.9 Å². The fraction of sp³-hybridized carbons (Fsp3) is 0.250. The summed E-state index contributed by atoms with van der Waals surface area (Å²) in [5.74, 6) is -0.409. The van der Waals surface area contributed by atoms with Crippen molar-refractivity contribution in [1.82, 2.24) is 0 Å². The summed E-state index contributed by atoms with van der Waals surface area (Å²) in [5.41, 5.74) is 3.00. The Labute approximate surface area is 150 Å². The molecule has 0 aromatic heterocycles. The lowest BCUT2D eigenvalue weighted by molar-refractivity contribution is 0.0598. The molecule has 0 fully saturated rings. The Hall–Kier alpha value is -2.33. The van der Waals surface area contributed by atoms with E-state index in [4.69, 9.17) is 16.3 Å². The van der Waals surface area contributed by atoms with Gasteiger partial charge in [0.25, 0.3) is 0 Å². The summed E-state index contributed by atoms with van der Waals surface area (Å²) in [6.07, 6.45) is 5.07. The summed E-state index contributed by atoms with van der Waals surface area (Å²) < 4.78 is 18.7. The van der Waals surface area contributed by atoms with E-state index in [9.17, 15) is 9.18 Å². The number of allylic oxidation sites excluding steroid dienone is 2. The smallest absolute Gasteiger partial charge is 0.338 e. The molecule has 2 aromatic carbocycles. The first-order chi connectivity index (χ1) is 12.1.